The smallest absolute Gasteiger partial charge is 0.331 e. The molecule has 1 fully saturated rings. The van der Waals surface area contributed by atoms with Crippen LogP contribution in [0.25, 0.3) is 6.08 Å². The molecule has 11 heteroatoms. The summed E-state index contributed by atoms with van der Waals surface area (Å²) >= 11 is 0. The molecule has 0 radical (unpaired) electrons. The summed E-state index contributed by atoms with van der Waals surface area (Å²) in [5.41, 5.74) is 1.34. The zero-order valence-electron chi connectivity index (χ0n) is 19.3. The molecule has 0 saturated carbocycles. The van der Waals surface area contributed by atoms with Crippen molar-refractivity contribution in [1.82, 2.24) is 4.31 Å². The fraction of sp³-hybridized carbons (Fsp3) is 0.292. The molecular weight excluding hydrogens is 474 g/mol. The van der Waals surface area contributed by atoms with E-state index in [9.17, 15) is 18.0 Å². The van der Waals surface area contributed by atoms with Gasteiger partial charge in [0.1, 0.15) is 10.6 Å². The van der Waals surface area contributed by atoms with Crippen LogP contribution in [0.2, 0.25) is 0 Å². The lowest BCUT2D eigenvalue weighted by Crippen LogP contribution is -2.40. The van der Waals surface area contributed by atoms with Crippen LogP contribution < -0.4 is 10.1 Å². The molecule has 0 aliphatic carbocycles. The predicted molar refractivity (Wildman–Crippen MR) is 127 cm³/mol. The molecule has 10 nitrogen and oxygen atoms in total. The van der Waals surface area contributed by atoms with E-state index in [0.29, 0.717) is 30.0 Å². The number of amides is 1. The van der Waals surface area contributed by atoms with Gasteiger partial charge >= 0.3 is 5.97 Å². The average Bonchev–Trinajstić information content (AvgIpc) is 2.88. The fourth-order valence-electron chi connectivity index (χ4n) is 3.23. The Morgan fingerprint density at radius 2 is 1.86 bits per heavy atom. The van der Waals surface area contributed by atoms with Crippen LogP contribution >= 0.6 is 0 Å². The second-order valence-corrected chi connectivity index (χ2v) is 9.42. The monoisotopic (exact) mass is 499 g/mol. The maximum atomic E-state index is 13.1. The number of nitriles is 1. The Bertz CT molecular complexity index is 1240. The highest BCUT2D eigenvalue weighted by atomic mass is 32.2. The number of carbonyl (C=O) groups excluding carboxylic acids is 2. The molecular formula is C24H25N3O7S. The number of esters is 1. The highest BCUT2D eigenvalue weighted by Crippen LogP contribution is 2.29. The normalized spacial score (nSPS) is 15.2. The van der Waals surface area contributed by atoms with E-state index >= 15 is 0 Å². The van der Waals surface area contributed by atoms with Crippen LogP contribution in [0.1, 0.15) is 18.1 Å². The molecule has 1 aliphatic heterocycles. The molecule has 184 valence electrons. The van der Waals surface area contributed by atoms with E-state index in [2.05, 4.69) is 5.32 Å². The number of ether oxygens (including phenoxy) is 3. The second kappa shape index (κ2) is 11.6. The molecule has 1 atom stereocenters. The molecule has 3 rings (SSSR count). The highest BCUT2D eigenvalue weighted by molar-refractivity contribution is 7.89. The first-order valence-electron chi connectivity index (χ1n) is 10.7. The number of hydrogen-bond donors (Lipinski definition) is 1. The Morgan fingerprint density at radius 1 is 1.17 bits per heavy atom. The number of rotatable bonds is 8. The number of nitrogens with zero attached hydrogens (tertiary/aromatic N) is 2. The number of anilines is 1. The van der Waals surface area contributed by atoms with E-state index in [1.54, 1.807) is 30.3 Å². The van der Waals surface area contributed by atoms with Gasteiger partial charge in [-0.05, 0) is 55.0 Å². The topological polar surface area (TPSA) is 135 Å². The number of nitrogens with one attached hydrogen (secondary N) is 1. The Labute approximate surface area is 203 Å². The summed E-state index contributed by atoms with van der Waals surface area (Å²) in [5, 5.41) is 11.4. The van der Waals surface area contributed by atoms with Gasteiger partial charge in [-0.25, -0.2) is 13.2 Å². The first-order valence-corrected chi connectivity index (χ1v) is 12.1. The van der Waals surface area contributed by atoms with Gasteiger partial charge in [-0.1, -0.05) is 6.07 Å². The second-order valence-electron chi connectivity index (χ2n) is 7.52. The SMILES string of the molecule is COc1ccc(/C=C/C(=O)OC(C)C(=O)Nc2ccc(C#N)cc2)cc1S(=O)(=O)N1CCOCC1. The molecule has 1 amide bonds. The van der Waals surface area contributed by atoms with Crippen LogP contribution in [-0.2, 0) is 29.1 Å². The maximum Gasteiger partial charge on any atom is 0.331 e. The van der Waals surface area contributed by atoms with Crippen LogP contribution in [0, 0.1) is 11.3 Å². The molecule has 1 N–H and O–H groups in total. The molecule has 0 aromatic heterocycles. The summed E-state index contributed by atoms with van der Waals surface area (Å²) in [6.45, 7) is 2.51. The van der Waals surface area contributed by atoms with Gasteiger partial charge in [-0.3, -0.25) is 4.79 Å². The lowest BCUT2D eigenvalue weighted by atomic mass is 10.2. The fourth-order valence-corrected chi connectivity index (χ4v) is 4.83. The van der Waals surface area contributed by atoms with Gasteiger partial charge in [0.05, 0.1) is 32.0 Å². The summed E-state index contributed by atoms with van der Waals surface area (Å²) in [6, 6.07) is 12.7. The van der Waals surface area contributed by atoms with Gasteiger partial charge in [0.25, 0.3) is 5.91 Å². The van der Waals surface area contributed by atoms with E-state index in [4.69, 9.17) is 19.5 Å². The largest absolute Gasteiger partial charge is 0.495 e. The van der Waals surface area contributed by atoms with Gasteiger partial charge in [0, 0.05) is 24.9 Å². The number of sulfonamides is 1. The third-order valence-electron chi connectivity index (χ3n) is 5.13. The molecule has 0 bridgehead atoms. The van der Waals surface area contributed by atoms with Crippen molar-refractivity contribution in [2.45, 2.75) is 17.9 Å². The zero-order valence-corrected chi connectivity index (χ0v) is 20.1. The van der Waals surface area contributed by atoms with E-state index in [-0.39, 0.29) is 23.7 Å². The minimum atomic E-state index is -3.82. The molecule has 1 saturated heterocycles. The van der Waals surface area contributed by atoms with Crippen LogP contribution in [0.5, 0.6) is 5.75 Å². The molecule has 1 aliphatic rings. The van der Waals surface area contributed by atoms with Crippen molar-refractivity contribution in [3.63, 3.8) is 0 Å². The standard InChI is InChI=1S/C24H25N3O7S/c1-17(24(29)26-20-7-3-19(16-25)4-8-20)34-23(28)10-6-18-5-9-21(32-2)22(15-18)35(30,31)27-11-13-33-14-12-27/h3-10,15,17H,11-14H2,1-2H3,(H,26,29)/b10-6+. The lowest BCUT2D eigenvalue weighted by molar-refractivity contribution is -0.148. The van der Waals surface area contributed by atoms with E-state index < -0.39 is 28.0 Å². The van der Waals surface area contributed by atoms with E-state index in [0.717, 1.165) is 6.08 Å². The Kier molecular flexibility index (Phi) is 8.59. The lowest BCUT2D eigenvalue weighted by Gasteiger charge is -2.26. The van der Waals surface area contributed by atoms with Crippen LogP contribution in [-0.4, -0.2) is 64.1 Å². The predicted octanol–water partition coefficient (Wildman–Crippen LogP) is 2.17. The van der Waals surface area contributed by atoms with Crippen LogP contribution in [0.3, 0.4) is 0 Å². The minimum absolute atomic E-state index is 0.0208. The van der Waals surface area contributed by atoms with Gasteiger partial charge in [0.2, 0.25) is 10.0 Å². The number of benzene rings is 2. The zero-order chi connectivity index (χ0) is 25.4. The number of hydrogen-bond acceptors (Lipinski definition) is 8. The molecule has 0 spiro atoms. The van der Waals surface area contributed by atoms with Crippen LogP contribution in [0.4, 0.5) is 5.69 Å². The van der Waals surface area contributed by atoms with Crippen molar-refractivity contribution in [1.29, 1.82) is 5.26 Å². The molecule has 1 unspecified atom stereocenters. The van der Waals surface area contributed by atoms with Gasteiger partial charge < -0.3 is 19.5 Å². The maximum absolute atomic E-state index is 13.1. The molecule has 35 heavy (non-hydrogen) atoms. The number of methoxy groups -OCH3 is 1. The summed E-state index contributed by atoms with van der Waals surface area (Å²) in [7, 11) is -2.44. The van der Waals surface area contributed by atoms with Crippen molar-refractivity contribution in [2.75, 3.05) is 38.7 Å². The Balaban J connectivity index is 1.66. The third-order valence-corrected chi connectivity index (χ3v) is 7.05. The summed E-state index contributed by atoms with van der Waals surface area (Å²) < 4.78 is 43.1. The Morgan fingerprint density at radius 3 is 2.49 bits per heavy atom. The highest BCUT2D eigenvalue weighted by Gasteiger charge is 2.29. The van der Waals surface area contributed by atoms with Crippen molar-refractivity contribution >= 4 is 33.7 Å². The first kappa shape index (κ1) is 25.9. The van der Waals surface area contributed by atoms with Crippen molar-refractivity contribution in [2.24, 2.45) is 0 Å². The van der Waals surface area contributed by atoms with Gasteiger partial charge in [-0.2, -0.15) is 9.57 Å². The van der Waals surface area contributed by atoms with Gasteiger partial charge in [-0.15, -0.1) is 0 Å². The summed E-state index contributed by atoms with van der Waals surface area (Å²) in [5.74, 6) is -1.13. The minimum Gasteiger partial charge on any atom is -0.495 e. The molecule has 2 aromatic carbocycles. The number of morpholine rings is 1. The van der Waals surface area contributed by atoms with Crippen molar-refractivity contribution < 1.29 is 32.2 Å². The van der Waals surface area contributed by atoms with Gasteiger partial charge in [0.15, 0.2) is 6.10 Å². The molecule has 1 heterocycles. The third kappa shape index (κ3) is 6.66. The summed E-state index contributed by atoms with van der Waals surface area (Å²) in [4.78, 5) is 24.5. The van der Waals surface area contributed by atoms with Crippen molar-refractivity contribution in [3.8, 4) is 11.8 Å². The van der Waals surface area contributed by atoms with E-state index in [1.807, 2.05) is 6.07 Å². The number of carbonyl (C=O) groups is 2. The summed E-state index contributed by atoms with van der Waals surface area (Å²) in [6.07, 6.45) is 1.42. The van der Waals surface area contributed by atoms with Crippen LogP contribution in [0.15, 0.2) is 53.4 Å². The average molecular weight is 500 g/mol. The van der Waals surface area contributed by atoms with E-state index in [1.165, 1.54) is 36.5 Å². The quantitative estimate of drug-likeness (QED) is 0.431. The van der Waals surface area contributed by atoms with Crippen molar-refractivity contribution in [3.05, 3.63) is 59.7 Å². The first-order chi connectivity index (χ1) is 16.7. The molecule has 2 aromatic rings. The Hall–Kier alpha value is -3.72.